The summed E-state index contributed by atoms with van der Waals surface area (Å²) >= 11 is 0. The summed E-state index contributed by atoms with van der Waals surface area (Å²) in [6, 6.07) is 1.28. The highest BCUT2D eigenvalue weighted by atomic mass is 16.5. The van der Waals surface area contributed by atoms with E-state index in [9.17, 15) is 0 Å². The Bertz CT molecular complexity index is 317. The Morgan fingerprint density at radius 2 is 1.50 bits per heavy atom. The van der Waals surface area contributed by atoms with Gasteiger partial charge in [-0.3, -0.25) is 0 Å². The highest BCUT2D eigenvalue weighted by Gasteiger charge is 2.39. The van der Waals surface area contributed by atoms with E-state index in [1.165, 1.54) is 44.9 Å². The molecular formula is C17H31NO2. The van der Waals surface area contributed by atoms with Crippen molar-refractivity contribution in [1.82, 2.24) is 5.32 Å². The van der Waals surface area contributed by atoms with Crippen molar-refractivity contribution in [3.05, 3.63) is 0 Å². The molecule has 2 heterocycles. The van der Waals surface area contributed by atoms with Gasteiger partial charge >= 0.3 is 0 Å². The zero-order valence-corrected chi connectivity index (χ0v) is 13.2. The van der Waals surface area contributed by atoms with Crippen molar-refractivity contribution in [2.45, 2.75) is 94.9 Å². The van der Waals surface area contributed by atoms with Crippen molar-refractivity contribution in [3.8, 4) is 0 Å². The lowest BCUT2D eigenvalue weighted by Gasteiger charge is -2.45. The van der Waals surface area contributed by atoms with Crippen LogP contribution in [0.5, 0.6) is 0 Å². The van der Waals surface area contributed by atoms with Gasteiger partial charge in [0.25, 0.3) is 0 Å². The molecule has 0 amide bonds. The van der Waals surface area contributed by atoms with Gasteiger partial charge in [0.05, 0.1) is 11.2 Å². The quantitative estimate of drug-likeness (QED) is 0.841. The fraction of sp³-hybridized carbons (Fsp3) is 1.00. The molecule has 1 N–H and O–H groups in total. The Morgan fingerprint density at radius 1 is 0.850 bits per heavy atom. The Kier molecular flexibility index (Phi) is 4.40. The van der Waals surface area contributed by atoms with Gasteiger partial charge in [-0.15, -0.1) is 0 Å². The largest absolute Gasteiger partial charge is 0.375 e. The molecule has 3 aliphatic rings. The average Bonchev–Trinajstić information content (AvgIpc) is 2.38. The summed E-state index contributed by atoms with van der Waals surface area (Å²) in [6.45, 7) is 6.28. The van der Waals surface area contributed by atoms with Crippen molar-refractivity contribution < 1.29 is 9.47 Å². The maximum absolute atomic E-state index is 6.20. The minimum Gasteiger partial charge on any atom is -0.375 e. The van der Waals surface area contributed by atoms with Gasteiger partial charge in [0.15, 0.2) is 0 Å². The summed E-state index contributed by atoms with van der Waals surface area (Å²) in [5, 5.41) is 3.92. The standard InChI is InChI=1S/C17H31NO2/c1-16(2)12-14(6-10-19-16)18-15-7-11-20-17(13-15)8-4-3-5-9-17/h14-15,18H,3-13H2,1-2H3. The van der Waals surface area contributed by atoms with E-state index in [1.807, 2.05) is 0 Å². The van der Waals surface area contributed by atoms with Gasteiger partial charge in [0, 0.05) is 25.3 Å². The van der Waals surface area contributed by atoms with Crippen LogP contribution in [-0.2, 0) is 9.47 Å². The van der Waals surface area contributed by atoms with Crippen LogP contribution in [0.25, 0.3) is 0 Å². The van der Waals surface area contributed by atoms with Crippen LogP contribution in [0.1, 0.15) is 71.6 Å². The van der Waals surface area contributed by atoms with Gasteiger partial charge in [-0.05, 0) is 52.4 Å². The highest BCUT2D eigenvalue weighted by Crippen LogP contribution is 2.39. The van der Waals surface area contributed by atoms with Gasteiger partial charge in [-0.1, -0.05) is 19.3 Å². The third-order valence-corrected chi connectivity index (χ3v) is 5.43. The van der Waals surface area contributed by atoms with Crippen molar-refractivity contribution in [2.75, 3.05) is 13.2 Å². The number of rotatable bonds is 2. The normalized spacial score (nSPS) is 36.9. The highest BCUT2D eigenvalue weighted by molar-refractivity contribution is 4.94. The monoisotopic (exact) mass is 281 g/mol. The van der Waals surface area contributed by atoms with Crippen LogP contribution in [-0.4, -0.2) is 36.5 Å². The molecule has 2 saturated heterocycles. The first-order valence-corrected chi connectivity index (χ1v) is 8.61. The average molecular weight is 281 g/mol. The number of hydrogen-bond donors (Lipinski definition) is 1. The lowest BCUT2D eigenvalue weighted by molar-refractivity contribution is -0.114. The molecule has 0 aromatic carbocycles. The van der Waals surface area contributed by atoms with E-state index < -0.39 is 0 Å². The molecule has 2 aliphatic heterocycles. The Balaban J connectivity index is 1.54. The van der Waals surface area contributed by atoms with E-state index in [1.54, 1.807) is 0 Å². The molecule has 1 aliphatic carbocycles. The zero-order valence-electron chi connectivity index (χ0n) is 13.2. The van der Waals surface area contributed by atoms with Crippen LogP contribution < -0.4 is 5.32 Å². The fourth-order valence-electron chi connectivity index (χ4n) is 4.42. The van der Waals surface area contributed by atoms with Gasteiger partial charge in [-0.25, -0.2) is 0 Å². The minimum absolute atomic E-state index is 0.0452. The van der Waals surface area contributed by atoms with Crippen LogP contribution in [0.4, 0.5) is 0 Å². The van der Waals surface area contributed by atoms with E-state index >= 15 is 0 Å². The first kappa shape index (κ1) is 14.8. The third kappa shape index (κ3) is 3.55. The first-order chi connectivity index (χ1) is 9.57. The third-order valence-electron chi connectivity index (χ3n) is 5.43. The predicted octanol–water partition coefficient (Wildman–Crippen LogP) is 3.42. The maximum Gasteiger partial charge on any atom is 0.0697 e. The summed E-state index contributed by atoms with van der Waals surface area (Å²) in [4.78, 5) is 0. The zero-order chi connectivity index (χ0) is 14.1. The molecule has 3 nitrogen and oxygen atoms in total. The lowest BCUT2D eigenvalue weighted by atomic mass is 9.78. The van der Waals surface area contributed by atoms with Crippen molar-refractivity contribution in [2.24, 2.45) is 0 Å². The molecule has 3 fully saturated rings. The number of hydrogen-bond acceptors (Lipinski definition) is 3. The molecule has 0 aromatic heterocycles. The van der Waals surface area contributed by atoms with Crippen molar-refractivity contribution in [1.29, 1.82) is 0 Å². The van der Waals surface area contributed by atoms with Gasteiger partial charge < -0.3 is 14.8 Å². The molecule has 0 bridgehead atoms. The second kappa shape index (κ2) is 5.94. The van der Waals surface area contributed by atoms with E-state index in [0.717, 1.165) is 26.1 Å². The molecular weight excluding hydrogens is 250 g/mol. The van der Waals surface area contributed by atoms with Crippen molar-refractivity contribution in [3.63, 3.8) is 0 Å². The van der Waals surface area contributed by atoms with Crippen LogP contribution >= 0.6 is 0 Å². The summed E-state index contributed by atoms with van der Waals surface area (Å²) < 4.78 is 12.0. The van der Waals surface area contributed by atoms with E-state index in [2.05, 4.69) is 19.2 Å². The molecule has 3 heteroatoms. The molecule has 20 heavy (non-hydrogen) atoms. The lowest BCUT2D eigenvalue weighted by Crippen LogP contribution is -2.53. The molecule has 3 rings (SSSR count). The fourth-order valence-corrected chi connectivity index (χ4v) is 4.42. The molecule has 0 aromatic rings. The molecule has 1 saturated carbocycles. The second-order valence-electron chi connectivity index (χ2n) is 7.75. The summed E-state index contributed by atoms with van der Waals surface area (Å²) in [7, 11) is 0. The smallest absolute Gasteiger partial charge is 0.0697 e. The van der Waals surface area contributed by atoms with Gasteiger partial charge in [0.2, 0.25) is 0 Å². The first-order valence-electron chi connectivity index (χ1n) is 8.61. The molecule has 2 atom stereocenters. The van der Waals surface area contributed by atoms with Gasteiger partial charge in [-0.2, -0.15) is 0 Å². The molecule has 2 unspecified atom stereocenters. The number of nitrogens with one attached hydrogen (secondary N) is 1. The van der Waals surface area contributed by atoms with Gasteiger partial charge in [0.1, 0.15) is 0 Å². The SMILES string of the molecule is CC1(C)CC(NC2CCOC3(CCCCC3)C2)CCO1. The van der Waals surface area contributed by atoms with E-state index in [0.29, 0.717) is 12.1 Å². The molecule has 116 valence electrons. The number of ether oxygens (including phenoxy) is 2. The molecule has 1 spiro atoms. The molecule has 0 radical (unpaired) electrons. The van der Waals surface area contributed by atoms with Crippen LogP contribution in [0.2, 0.25) is 0 Å². The maximum atomic E-state index is 6.20. The predicted molar refractivity (Wildman–Crippen MR) is 81.0 cm³/mol. The Morgan fingerprint density at radius 3 is 2.20 bits per heavy atom. The minimum atomic E-state index is 0.0452. The summed E-state index contributed by atoms with van der Waals surface area (Å²) in [5.41, 5.74) is 0.262. The van der Waals surface area contributed by atoms with Crippen LogP contribution in [0.15, 0.2) is 0 Å². The van der Waals surface area contributed by atoms with Crippen LogP contribution in [0.3, 0.4) is 0 Å². The summed E-state index contributed by atoms with van der Waals surface area (Å²) in [5.74, 6) is 0. The Hall–Kier alpha value is -0.120. The topological polar surface area (TPSA) is 30.5 Å². The Labute approximate surface area is 123 Å². The van der Waals surface area contributed by atoms with E-state index in [4.69, 9.17) is 9.47 Å². The second-order valence-corrected chi connectivity index (χ2v) is 7.75. The van der Waals surface area contributed by atoms with Crippen LogP contribution in [0, 0.1) is 0 Å². The van der Waals surface area contributed by atoms with E-state index in [-0.39, 0.29) is 11.2 Å². The van der Waals surface area contributed by atoms with Crippen molar-refractivity contribution >= 4 is 0 Å². The summed E-state index contributed by atoms with van der Waals surface area (Å²) in [6.07, 6.45) is 11.4.